The monoisotopic (exact) mass is 139 g/mol. The van der Waals surface area contributed by atoms with Crippen LogP contribution in [0.25, 0.3) is 0 Å². The molecule has 0 heterocycles. The van der Waals surface area contributed by atoms with Crippen LogP contribution in [-0.2, 0) is 4.79 Å². The van der Waals surface area contributed by atoms with Crippen molar-refractivity contribution in [3.63, 3.8) is 0 Å². The number of allylic oxidation sites excluding steroid dienone is 2. The molecule has 2 heteroatoms. The van der Waals surface area contributed by atoms with Crippen molar-refractivity contribution in [1.82, 2.24) is 5.32 Å². The maximum atomic E-state index is 9.96. The summed E-state index contributed by atoms with van der Waals surface area (Å²) in [5.74, 6) is 0. The predicted octanol–water partition coefficient (Wildman–Crippen LogP) is 1.23. The van der Waals surface area contributed by atoms with E-state index >= 15 is 0 Å². The minimum Gasteiger partial charge on any atom is -0.382 e. The van der Waals surface area contributed by atoms with Gasteiger partial charge in [0.25, 0.3) is 0 Å². The summed E-state index contributed by atoms with van der Waals surface area (Å²) in [6.45, 7) is 0.464. The zero-order valence-electron chi connectivity index (χ0n) is 6.10. The normalized spacial score (nSPS) is 17.8. The van der Waals surface area contributed by atoms with E-state index in [1.165, 1.54) is 25.0 Å². The average Bonchev–Trinajstić information content (AvgIpc) is 2.03. The number of carbonyl (C=O) groups is 1. The van der Waals surface area contributed by atoms with Crippen LogP contribution in [0.15, 0.2) is 11.8 Å². The van der Waals surface area contributed by atoms with Gasteiger partial charge in [0, 0.05) is 5.70 Å². The van der Waals surface area contributed by atoms with Crippen LogP contribution in [0.1, 0.15) is 25.7 Å². The summed E-state index contributed by atoms with van der Waals surface area (Å²) in [7, 11) is 0. The molecule has 0 aliphatic heterocycles. The van der Waals surface area contributed by atoms with Crippen molar-refractivity contribution in [2.45, 2.75) is 25.7 Å². The van der Waals surface area contributed by atoms with Crippen LogP contribution in [0.4, 0.5) is 0 Å². The summed E-state index contributed by atoms with van der Waals surface area (Å²) in [5.41, 5.74) is 1.25. The highest BCUT2D eigenvalue weighted by Gasteiger charge is 2.00. The molecule has 0 amide bonds. The van der Waals surface area contributed by atoms with Gasteiger partial charge in [0.15, 0.2) is 0 Å². The number of nitrogens with one attached hydrogen (secondary N) is 1. The van der Waals surface area contributed by atoms with Crippen molar-refractivity contribution >= 4 is 6.29 Å². The number of aldehydes is 1. The van der Waals surface area contributed by atoms with Gasteiger partial charge < -0.3 is 10.1 Å². The lowest BCUT2D eigenvalue weighted by Crippen LogP contribution is -2.16. The van der Waals surface area contributed by atoms with Gasteiger partial charge in [-0.1, -0.05) is 6.08 Å². The molecule has 0 aromatic carbocycles. The summed E-state index contributed by atoms with van der Waals surface area (Å²) in [6.07, 6.45) is 7.93. The van der Waals surface area contributed by atoms with Gasteiger partial charge in [-0.25, -0.2) is 0 Å². The summed E-state index contributed by atoms with van der Waals surface area (Å²) in [4.78, 5) is 9.96. The first kappa shape index (κ1) is 7.32. The van der Waals surface area contributed by atoms with Gasteiger partial charge in [-0.15, -0.1) is 0 Å². The van der Waals surface area contributed by atoms with Gasteiger partial charge in [0.1, 0.15) is 6.29 Å². The van der Waals surface area contributed by atoms with E-state index in [1.54, 1.807) is 0 Å². The summed E-state index contributed by atoms with van der Waals surface area (Å²) in [5, 5.41) is 3.06. The van der Waals surface area contributed by atoms with Crippen molar-refractivity contribution in [2.75, 3.05) is 6.54 Å². The molecule has 0 aromatic heterocycles. The Kier molecular flexibility index (Phi) is 3.00. The van der Waals surface area contributed by atoms with Gasteiger partial charge in [-0.05, 0) is 25.7 Å². The van der Waals surface area contributed by atoms with E-state index in [4.69, 9.17) is 0 Å². The Morgan fingerprint density at radius 3 is 3.10 bits per heavy atom. The Morgan fingerprint density at radius 2 is 2.50 bits per heavy atom. The number of rotatable bonds is 3. The molecular formula is C8H13NO. The third kappa shape index (κ3) is 2.21. The molecule has 0 bridgehead atoms. The van der Waals surface area contributed by atoms with E-state index in [0.717, 1.165) is 12.7 Å². The zero-order chi connectivity index (χ0) is 7.23. The standard InChI is InChI=1S/C8H13NO/c10-7-6-9-8-4-2-1-3-5-8/h4,7,9H,1-3,5-6H2. The first-order valence-electron chi connectivity index (χ1n) is 3.80. The highest BCUT2D eigenvalue weighted by Crippen LogP contribution is 2.14. The quantitative estimate of drug-likeness (QED) is 0.596. The van der Waals surface area contributed by atoms with Gasteiger partial charge in [-0.2, -0.15) is 0 Å². The highest BCUT2D eigenvalue weighted by molar-refractivity contribution is 5.52. The smallest absolute Gasteiger partial charge is 0.139 e. The molecule has 1 N–H and O–H groups in total. The van der Waals surface area contributed by atoms with Crippen LogP contribution in [0.3, 0.4) is 0 Å². The molecule has 0 saturated heterocycles. The molecule has 1 rings (SSSR count). The predicted molar refractivity (Wildman–Crippen MR) is 40.6 cm³/mol. The van der Waals surface area contributed by atoms with Crippen molar-refractivity contribution in [2.24, 2.45) is 0 Å². The minimum atomic E-state index is 0.464. The second-order valence-corrected chi connectivity index (χ2v) is 2.52. The van der Waals surface area contributed by atoms with Crippen LogP contribution in [0, 0.1) is 0 Å². The maximum Gasteiger partial charge on any atom is 0.139 e. The van der Waals surface area contributed by atoms with Crippen LogP contribution in [0.5, 0.6) is 0 Å². The van der Waals surface area contributed by atoms with Crippen LogP contribution in [-0.4, -0.2) is 12.8 Å². The molecule has 56 valence electrons. The first-order chi connectivity index (χ1) is 4.93. The fraction of sp³-hybridized carbons (Fsp3) is 0.625. The molecule has 0 spiro atoms. The van der Waals surface area contributed by atoms with Crippen LogP contribution in [0.2, 0.25) is 0 Å². The van der Waals surface area contributed by atoms with Gasteiger partial charge >= 0.3 is 0 Å². The maximum absolute atomic E-state index is 9.96. The van der Waals surface area contributed by atoms with Crippen LogP contribution >= 0.6 is 0 Å². The molecule has 0 aromatic rings. The topological polar surface area (TPSA) is 29.1 Å². The molecule has 0 saturated carbocycles. The first-order valence-corrected chi connectivity index (χ1v) is 3.80. The highest BCUT2D eigenvalue weighted by atomic mass is 16.1. The molecule has 1 aliphatic carbocycles. The van der Waals surface area contributed by atoms with Gasteiger partial charge in [0.2, 0.25) is 0 Å². The average molecular weight is 139 g/mol. The Balaban J connectivity index is 2.24. The number of hydrogen-bond acceptors (Lipinski definition) is 2. The second-order valence-electron chi connectivity index (χ2n) is 2.52. The molecule has 0 atom stereocenters. The third-order valence-electron chi connectivity index (χ3n) is 1.70. The molecular weight excluding hydrogens is 126 g/mol. The molecule has 1 aliphatic rings. The Bertz CT molecular complexity index is 140. The van der Waals surface area contributed by atoms with E-state index in [-0.39, 0.29) is 0 Å². The molecule has 0 fully saturated rings. The fourth-order valence-corrected chi connectivity index (χ4v) is 1.17. The second kappa shape index (κ2) is 4.09. The van der Waals surface area contributed by atoms with Crippen molar-refractivity contribution in [1.29, 1.82) is 0 Å². The van der Waals surface area contributed by atoms with E-state index in [9.17, 15) is 4.79 Å². The lowest BCUT2D eigenvalue weighted by atomic mass is 10.1. The molecule has 10 heavy (non-hydrogen) atoms. The largest absolute Gasteiger partial charge is 0.382 e. The molecule has 0 radical (unpaired) electrons. The minimum absolute atomic E-state index is 0.464. The van der Waals surface area contributed by atoms with E-state index in [0.29, 0.717) is 6.54 Å². The Morgan fingerprint density at radius 1 is 1.60 bits per heavy atom. The summed E-state index contributed by atoms with van der Waals surface area (Å²) in [6, 6.07) is 0. The summed E-state index contributed by atoms with van der Waals surface area (Å²) >= 11 is 0. The van der Waals surface area contributed by atoms with Crippen molar-refractivity contribution in [3.05, 3.63) is 11.8 Å². The fourth-order valence-electron chi connectivity index (χ4n) is 1.17. The van der Waals surface area contributed by atoms with E-state index in [2.05, 4.69) is 11.4 Å². The summed E-state index contributed by atoms with van der Waals surface area (Å²) < 4.78 is 0. The number of carbonyl (C=O) groups excluding carboxylic acids is 1. The molecule has 0 unspecified atom stereocenters. The van der Waals surface area contributed by atoms with Crippen LogP contribution < -0.4 is 5.32 Å². The lowest BCUT2D eigenvalue weighted by molar-refractivity contribution is -0.107. The van der Waals surface area contributed by atoms with Gasteiger partial charge in [0.05, 0.1) is 6.54 Å². The van der Waals surface area contributed by atoms with E-state index < -0.39 is 0 Å². The Hall–Kier alpha value is -0.790. The molecule has 2 nitrogen and oxygen atoms in total. The van der Waals surface area contributed by atoms with Crippen molar-refractivity contribution < 1.29 is 4.79 Å². The number of hydrogen-bond donors (Lipinski definition) is 1. The van der Waals surface area contributed by atoms with Gasteiger partial charge in [-0.3, -0.25) is 0 Å². The van der Waals surface area contributed by atoms with Crippen molar-refractivity contribution in [3.8, 4) is 0 Å². The Labute approximate surface area is 61.3 Å². The zero-order valence-corrected chi connectivity index (χ0v) is 6.10. The van der Waals surface area contributed by atoms with E-state index in [1.807, 2.05) is 0 Å². The third-order valence-corrected chi connectivity index (χ3v) is 1.70. The lowest BCUT2D eigenvalue weighted by Gasteiger charge is -2.12. The SMILES string of the molecule is O=CCNC1=CCCCC1.